The van der Waals surface area contributed by atoms with E-state index in [9.17, 15) is 0 Å². The van der Waals surface area contributed by atoms with Gasteiger partial charge in [-0.25, -0.2) is 5.90 Å². The Labute approximate surface area is 24.1 Å². The Balaban J connectivity index is 0. The molecule has 0 aliphatic heterocycles. The van der Waals surface area contributed by atoms with Gasteiger partial charge in [-0.05, 0) is 0 Å². The monoisotopic (exact) mass is 65.1 g/mol. The zero-order valence-corrected chi connectivity index (χ0v) is 2.18. The van der Waals surface area contributed by atoms with Crippen molar-refractivity contribution in [3.63, 3.8) is 0 Å². The van der Waals surface area contributed by atoms with E-state index in [-0.39, 0.29) is 0 Å². The van der Waals surface area contributed by atoms with Crippen molar-refractivity contribution in [3.8, 4) is 0 Å². The molecule has 0 aliphatic carbocycles. The van der Waals surface area contributed by atoms with Crippen LogP contribution in [-0.2, 0) is 0 Å². The van der Waals surface area contributed by atoms with Gasteiger partial charge in [0.2, 0.25) is 0 Å². The second-order valence-corrected chi connectivity index (χ2v) is 0. The molecule has 0 spiro atoms. The summed E-state index contributed by atoms with van der Waals surface area (Å²) in [4.78, 5) is 0. The molecule has 0 aromatic carbocycles. The van der Waals surface area contributed by atoms with Crippen LogP contribution in [0.25, 0.3) is 0 Å². The van der Waals surface area contributed by atoms with Gasteiger partial charge in [0.15, 0.2) is 0 Å². The highest BCUT2D eigenvalue weighted by atomic mass is 16.4. The molecule has 0 heterocycles. The summed E-state index contributed by atoms with van der Waals surface area (Å²) >= 11 is 0. The zero-order valence-electron chi connectivity index (χ0n) is 2.18. The van der Waals surface area contributed by atoms with Gasteiger partial charge in [-0.1, -0.05) is 0 Å². The van der Waals surface area contributed by atoms with Crippen LogP contribution < -0.4 is 17.6 Å². The third-order valence-corrected chi connectivity index (χ3v) is 0. The molecule has 0 atom stereocenters. The first kappa shape index (κ1) is 9.15. The summed E-state index contributed by atoms with van der Waals surface area (Å²) in [5.74, 6) is 11.5. The van der Waals surface area contributed by atoms with Crippen LogP contribution in [-0.4, -0.2) is 5.21 Å². The standard InChI is InChI=1S/H4N2.H3NO/c2*1-2/h1-2H2;2H,1H2. The van der Waals surface area contributed by atoms with Gasteiger partial charge in [0, 0.05) is 0 Å². The molecule has 0 radical (unpaired) electrons. The Kier molecular flexibility index (Phi) is 859. The van der Waals surface area contributed by atoms with Crippen LogP contribution in [0.15, 0.2) is 0 Å². The summed E-state index contributed by atoms with van der Waals surface area (Å²) in [5, 5.41) is 6.50. The highest BCUT2D eigenvalue weighted by molar-refractivity contribution is 3.26. The van der Waals surface area contributed by atoms with Crippen molar-refractivity contribution in [1.82, 2.24) is 0 Å². The minimum absolute atomic E-state index is 3.50. The first-order valence-corrected chi connectivity index (χ1v) is 0.592. The molecular formula is H7N3O. The molecular weight excluding hydrogens is 58.0 g/mol. The molecule has 0 aliphatic rings. The minimum atomic E-state index is 3.50. The number of hydrogen-bond donors (Lipinski definition) is 4. The molecule has 0 unspecified atom stereocenters. The summed E-state index contributed by atoms with van der Waals surface area (Å²) in [5.41, 5.74) is 0. The molecule has 0 saturated carbocycles. The first-order valence-electron chi connectivity index (χ1n) is 0.592. The van der Waals surface area contributed by atoms with E-state index in [0.717, 1.165) is 0 Å². The maximum Gasteiger partial charge on any atom is -0.219 e. The van der Waals surface area contributed by atoms with Crippen molar-refractivity contribution in [1.29, 1.82) is 0 Å². The largest absolute Gasteiger partial charge is 0.320 e. The van der Waals surface area contributed by atoms with Gasteiger partial charge in [0.25, 0.3) is 0 Å². The first-order chi connectivity index (χ1) is 2.00. The van der Waals surface area contributed by atoms with E-state index in [4.69, 9.17) is 5.21 Å². The molecule has 0 rings (SSSR count). The lowest BCUT2D eigenvalue weighted by atomic mass is 13.0. The maximum absolute atomic E-state index is 6.50. The van der Waals surface area contributed by atoms with E-state index in [1.165, 1.54) is 0 Å². The average molecular weight is 65.1 g/mol. The van der Waals surface area contributed by atoms with E-state index < -0.39 is 0 Å². The van der Waals surface area contributed by atoms with Crippen molar-refractivity contribution in [2.45, 2.75) is 0 Å². The topological polar surface area (TPSA) is 98.3 Å². The Morgan fingerprint density at radius 1 is 1.00 bits per heavy atom. The lowest BCUT2D eigenvalue weighted by molar-refractivity contribution is 0.311. The van der Waals surface area contributed by atoms with Crippen molar-refractivity contribution in [2.75, 3.05) is 0 Å². The van der Waals surface area contributed by atoms with Gasteiger partial charge < -0.3 is 5.21 Å². The Morgan fingerprint density at radius 2 is 1.00 bits per heavy atom. The van der Waals surface area contributed by atoms with Crippen LogP contribution in [0.4, 0.5) is 0 Å². The molecule has 0 aromatic rings. The van der Waals surface area contributed by atoms with E-state index >= 15 is 0 Å². The molecule has 7 N–H and O–H groups in total. The second-order valence-electron chi connectivity index (χ2n) is 0. The SMILES string of the molecule is NN.NO. The smallest absolute Gasteiger partial charge is 0.219 e. The van der Waals surface area contributed by atoms with E-state index in [2.05, 4.69) is 17.6 Å². The number of hydrazine groups is 1. The number of hydrogen-bond acceptors (Lipinski definition) is 4. The van der Waals surface area contributed by atoms with Crippen molar-refractivity contribution >= 4 is 0 Å². The molecule has 0 aromatic heterocycles. The summed E-state index contributed by atoms with van der Waals surface area (Å²) in [6.07, 6.45) is 0. The zero-order chi connectivity index (χ0) is 4.00. The van der Waals surface area contributed by atoms with Crippen LogP contribution in [0.5, 0.6) is 0 Å². The fourth-order valence-electron chi connectivity index (χ4n) is 0. The highest BCUT2D eigenvalue weighted by Crippen LogP contribution is 0.410. The Hall–Kier alpha value is -0.160. The summed E-state index contributed by atoms with van der Waals surface area (Å²) in [6.45, 7) is 0. The van der Waals surface area contributed by atoms with Crippen molar-refractivity contribution < 1.29 is 5.21 Å². The van der Waals surface area contributed by atoms with Gasteiger partial charge in [0.05, 0.1) is 0 Å². The van der Waals surface area contributed by atoms with Crippen LogP contribution >= 0.6 is 0 Å². The van der Waals surface area contributed by atoms with Crippen LogP contribution in [0.1, 0.15) is 0 Å². The number of nitrogens with two attached hydrogens (primary N) is 3. The van der Waals surface area contributed by atoms with Crippen molar-refractivity contribution in [2.24, 2.45) is 17.6 Å². The molecule has 0 fully saturated rings. The maximum atomic E-state index is 6.50. The molecule has 4 heteroatoms. The lowest BCUT2D eigenvalue weighted by Gasteiger charge is -1.27. The molecule has 0 amide bonds. The van der Waals surface area contributed by atoms with Crippen LogP contribution in [0, 0.1) is 0 Å². The molecule has 4 nitrogen and oxygen atoms in total. The molecule has 4 heavy (non-hydrogen) atoms. The quantitative estimate of drug-likeness (QED) is 0.197. The molecule has 28 valence electrons. The van der Waals surface area contributed by atoms with Gasteiger partial charge in [-0.3, -0.25) is 11.7 Å². The molecule has 0 saturated heterocycles. The van der Waals surface area contributed by atoms with Gasteiger partial charge >= 0.3 is 0 Å². The van der Waals surface area contributed by atoms with Gasteiger partial charge in [0.1, 0.15) is 0 Å². The average Bonchev–Trinajstić information content (AvgIpc) is 1.50. The predicted molar refractivity (Wildman–Crippen MR) is 14.3 cm³/mol. The van der Waals surface area contributed by atoms with E-state index in [1.807, 2.05) is 0 Å². The van der Waals surface area contributed by atoms with Crippen LogP contribution in [0.3, 0.4) is 0 Å². The number of rotatable bonds is 0. The summed E-state index contributed by atoms with van der Waals surface area (Å²) in [7, 11) is 0. The Bertz CT molecular complexity index is 3.25. The summed E-state index contributed by atoms with van der Waals surface area (Å²) < 4.78 is 0. The van der Waals surface area contributed by atoms with Crippen molar-refractivity contribution in [3.05, 3.63) is 0 Å². The highest BCUT2D eigenvalue weighted by Gasteiger charge is 0.733. The summed E-state index contributed by atoms with van der Waals surface area (Å²) in [6, 6.07) is 0. The third-order valence-electron chi connectivity index (χ3n) is 0. The van der Waals surface area contributed by atoms with Gasteiger partial charge in [-0.15, -0.1) is 0 Å². The fraction of sp³-hybridized carbons (Fsp3) is 0. The predicted octanol–water partition coefficient (Wildman–Crippen LogP) is -1.85. The third kappa shape index (κ3) is 50.7. The van der Waals surface area contributed by atoms with E-state index in [0.29, 0.717) is 0 Å². The fourth-order valence-corrected chi connectivity index (χ4v) is 0. The lowest BCUT2D eigenvalue weighted by Crippen LogP contribution is -2.02. The normalized spacial score (nSPS) is 3.00. The minimum Gasteiger partial charge on any atom is -0.320 e. The Morgan fingerprint density at radius 3 is 1.00 bits per heavy atom. The van der Waals surface area contributed by atoms with Gasteiger partial charge in [-0.2, -0.15) is 0 Å². The molecule has 0 bridgehead atoms. The van der Waals surface area contributed by atoms with Crippen LogP contribution in [0.2, 0.25) is 0 Å². The van der Waals surface area contributed by atoms with E-state index in [1.54, 1.807) is 0 Å². The second kappa shape index (κ2) is 376.